The minimum absolute atomic E-state index is 0.0993. The van der Waals surface area contributed by atoms with Crippen molar-refractivity contribution in [2.24, 2.45) is 0 Å². The molecule has 1 aromatic carbocycles. The first-order chi connectivity index (χ1) is 9.90. The molecular weight excluding hydrogens is 284 g/mol. The van der Waals surface area contributed by atoms with Gasteiger partial charge in [-0.2, -0.15) is 0 Å². The molecule has 0 bridgehead atoms. The van der Waals surface area contributed by atoms with Gasteiger partial charge < -0.3 is 4.74 Å². The van der Waals surface area contributed by atoms with Gasteiger partial charge in [0.15, 0.2) is 6.10 Å². The van der Waals surface area contributed by atoms with Crippen LogP contribution in [0.5, 0.6) is 0 Å². The first-order valence-corrected chi connectivity index (χ1v) is 8.47. The number of thiophene rings is 1. The van der Waals surface area contributed by atoms with Crippen LogP contribution in [0.1, 0.15) is 30.7 Å². The average Bonchev–Trinajstić information content (AvgIpc) is 3.01. The fourth-order valence-corrected chi connectivity index (χ4v) is 2.91. The van der Waals surface area contributed by atoms with Gasteiger partial charge in [-0.1, -0.05) is 43.5 Å². The largest absolute Gasteiger partial charge is 0.360 e. The van der Waals surface area contributed by atoms with Crippen LogP contribution in [0.4, 0.5) is 0 Å². The Bertz CT molecular complexity index is 537. The van der Waals surface area contributed by atoms with E-state index in [1.165, 1.54) is 9.77 Å². The van der Waals surface area contributed by atoms with Crippen molar-refractivity contribution in [1.29, 1.82) is 0 Å². The number of hydrogen-bond acceptors (Lipinski definition) is 3. The van der Waals surface area contributed by atoms with Crippen molar-refractivity contribution < 1.29 is 4.74 Å². The van der Waals surface area contributed by atoms with Gasteiger partial charge in [-0.25, -0.2) is 0 Å². The summed E-state index contributed by atoms with van der Waals surface area (Å²) >= 11 is 3.25. The summed E-state index contributed by atoms with van der Waals surface area (Å²) in [5.41, 5.74) is 0. The summed E-state index contributed by atoms with van der Waals surface area (Å²) < 4.78 is 5.89. The van der Waals surface area contributed by atoms with Crippen LogP contribution in [0.25, 0.3) is 0 Å². The first-order valence-electron chi connectivity index (χ1n) is 6.77. The summed E-state index contributed by atoms with van der Waals surface area (Å²) in [6.07, 6.45) is 2.12. The highest BCUT2D eigenvalue weighted by atomic mass is 32.2. The molecule has 0 fully saturated rings. The van der Waals surface area contributed by atoms with E-state index in [9.17, 15) is 0 Å². The Morgan fingerprint density at radius 2 is 2.05 bits per heavy atom. The van der Waals surface area contributed by atoms with Crippen LogP contribution in [0, 0.1) is 11.2 Å². The molecule has 0 amide bonds. The first kappa shape index (κ1) is 15.2. The van der Waals surface area contributed by atoms with E-state index >= 15 is 0 Å². The van der Waals surface area contributed by atoms with Crippen LogP contribution in [0.3, 0.4) is 0 Å². The summed E-state index contributed by atoms with van der Waals surface area (Å²) in [6.45, 7) is 2.93. The minimum atomic E-state index is -0.0993. The number of ether oxygens (including phenoxy) is 1. The summed E-state index contributed by atoms with van der Waals surface area (Å²) in [5.74, 6) is 3.23. The van der Waals surface area contributed by atoms with E-state index < -0.39 is 0 Å². The predicted octanol–water partition coefficient (Wildman–Crippen LogP) is 5.36. The maximum absolute atomic E-state index is 5.89. The molecule has 104 valence electrons. The highest BCUT2D eigenvalue weighted by molar-refractivity contribution is 8.03. The van der Waals surface area contributed by atoms with Gasteiger partial charge in [0.25, 0.3) is 0 Å². The number of rotatable bonds is 6. The lowest BCUT2D eigenvalue weighted by Crippen LogP contribution is -2.01. The third kappa shape index (κ3) is 5.05. The molecule has 1 heterocycles. The zero-order valence-electron chi connectivity index (χ0n) is 11.5. The number of thioether (sulfide) groups is 1. The van der Waals surface area contributed by atoms with Gasteiger partial charge in [0.2, 0.25) is 0 Å². The van der Waals surface area contributed by atoms with E-state index in [2.05, 4.69) is 41.7 Å². The molecule has 0 radical (unpaired) electrons. The maximum Gasteiger partial charge on any atom is 0.153 e. The van der Waals surface area contributed by atoms with Gasteiger partial charge >= 0.3 is 0 Å². The quantitative estimate of drug-likeness (QED) is 0.403. The molecule has 0 aliphatic carbocycles. The lowest BCUT2D eigenvalue weighted by molar-refractivity contribution is 0.0915. The fourth-order valence-electron chi connectivity index (χ4n) is 1.61. The number of unbranched alkanes of at least 4 members (excludes halogenated alkanes) is 1. The van der Waals surface area contributed by atoms with Crippen molar-refractivity contribution in [3.63, 3.8) is 0 Å². The van der Waals surface area contributed by atoms with Crippen molar-refractivity contribution in [3.05, 3.63) is 52.7 Å². The van der Waals surface area contributed by atoms with E-state index in [-0.39, 0.29) is 6.10 Å². The van der Waals surface area contributed by atoms with Crippen LogP contribution in [0.2, 0.25) is 0 Å². The van der Waals surface area contributed by atoms with Crippen LogP contribution >= 0.6 is 23.1 Å². The van der Waals surface area contributed by atoms with Crippen LogP contribution < -0.4 is 0 Å². The van der Waals surface area contributed by atoms with Gasteiger partial charge in [0.05, 0.1) is 0 Å². The highest BCUT2D eigenvalue weighted by Crippen LogP contribution is 2.23. The van der Waals surface area contributed by atoms with Gasteiger partial charge in [-0.05, 0) is 47.0 Å². The van der Waals surface area contributed by atoms with Gasteiger partial charge in [-0.3, -0.25) is 0 Å². The van der Waals surface area contributed by atoms with E-state index in [1.807, 2.05) is 24.3 Å². The van der Waals surface area contributed by atoms with Crippen molar-refractivity contribution in [2.45, 2.75) is 30.8 Å². The third-order valence-corrected chi connectivity index (χ3v) is 4.33. The van der Waals surface area contributed by atoms with Crippen LogP contribution in [-0.4, -0.2) is 6.61 Å². The van der Waals surface area contributed by atoms with Crippen molar-refractivity contribution in [2.75, 3.05) is 6.61 Å². The predicted molar refractivity (Wildman–Crippen MR) is 88.0 cm³/mol. The molecule has 0 N–H and O–H groups in total. The fraction of sp³-hybridized carbons (Fsp3) is 0.294. The second-order valence-corrected chi connectivity index (χ2v) is 6.14. The molecule has 0 saturated carbocycles. The number of hydrogen-bond donors (Lipinski definition) is 0. The lowest BCUT2D eigenvalue weighted by atomic mass is 10.3. The Morgan fingerprint density at radius 1 is 1.20 bits per heavy atom. The second-order valence-electron chi connectivity index (χ2n) is 4.28. The van der Waals surface area contributed by atoms with E-state index in [0.29, 0.717) is 0 Å². The molecule has 1 nitrogen and oxygen atoms in total. The Hall–Kier alpha value is -1.21. The normalized spacial score (nSPS) is 11.7. The maximum atomic E-state index is 5.89. The third-order valence-electron chi connectivity index (χ3n) is 2.69. The van der Waals surface area contributed by atoms with Gasteiger partial charge in [0.1, 0.15) is 0 Å². The average molecular weight is 302 g/mol. The topological polar surface area (TPSA) is 9.23 Å². The Labute approximate surface area is 129 Å². The minimum Gasteiger partial charge on any atom is -0.360 e. The Balaban J connectivity index is 1.97. The molecule has 2 rings (SSSR count). The Morgan fingerprint density at radius 3 is 2.75 bits per heavy atom. The summed E-state index contributed by atoms with van der Waals surface area (Å²) in [5, 5.41) is 5.23. The second kappa shape index (κ2) is 8.86. The zero-order chi connectivity index (χ0) is 14.0. The standard InChI is InChI=1S/C17H18OS2/c1-2-3-12-18-16(17-10-7-13-20-17)11-14-19-15-8-5-4-6-9-15/h4-10,13,16H,2-3,12H2,1H3. The molecule has 1 aromatic heterocycles. The molecule has 1 unspecified atom stereocenters. The molecule has 0 aliphatic rings. The SMILES string of the molecule is CCCCOC(C#CSc1ccccc1)c1cccs1. The van der Waals surface area contributed by atoms with E-state index in [1.54, 1.807) is 23.1 Å². The molecule has 0 saturated heterocycles. The van der Waals surface area contributed by atoms with Crippen LogP contribution in [0.15, 0.2) is 52.7 Å². The number of benzene rings is 1. The highest BCUT2D eigenvalue weighted by Gasteiger charge is 2.09. The van der Waals surface area contributed by atoms with E-state index in [0.717, 1.165) is 19.4 Å². The molecule has 1 atom stereocenters. The molecule has 0 spiro atoms. The van der Waals surface area contributed by atoms with Crippen molar-refractivity contribution >= 4 is 23.1 Å². The summed E-state index contributed by atoms with van der Waals surface area (Å²) in [6, 6.07) is 14.3. The molecular formula is C17H18OS2. The smallest absolute Gasteiger partial charge is 0.153 e. The van der Waals surface area contributed by atoms with Crippen molar-refractivity contribution in [1.82, 2.24) is 0 Å². The molecule has 20 heavy (non-hydrogen) atoms. The lowest BCUT2D eigenvalue weighted by Gasteiger charge is -2.09. The van der Waals surface area contributed by atoms with Gasteiger partial charge in [0, 0.05) is 16.4 Å². The molecule has 3 heteroatoms. The zero-order valence-corrected chi connectivity index (χ0v) is 13.2. The van der Waals surface area contributed by atoms with E-state index in [4.69, 9.17) is 4.74 Å². The Kier molecular flexibility index (Phi) is 6.73. The summed E-state index contributed by atoms with van der Waals surface area (Å²) in [7, 11) is 0. The van der Waals surface area contributed by atoms with Gasteiger partial charge in [-0.15, -0.1) is 11.3 Å². The monoisotopic (exact) mass is 302 g/mol. The molecule has 2 aromatic rings. The van der Waals surface area contributed by atoms with Crippen molar-refractivity contribution in [3.8, 4) is 11.2 Å². The van der Waals surface area contributed by atoms with Crippen LogP contribution in [-0.2, 0) is 4.74 Å². The summed E-state index contributed by atoms with van der Waals surface area (Å²) in [4.78, 5) is 2.35. The molecule has 0 aliphatic heterocycles.